The van der Waals surface area contributed by atoms with Gasteiger partial charge in [-0.25, -0.2) is 0 Å². The molecule has 4 saturated carbocycles. The van der Waals surface area contributed by atoms with Gasteiger partial charge in [-0.05, 0) is 99.0 Å². The minimum absolute atomic E-state index is 1.00. The van der Waals surface area contributed by atoms with Crippen LogP contribution in [-0.2, 0) is 0 Å². The van der Waals surface area contributed by atoms with Gasteiger partial charge in [0.2, 0.25) is 0 Å². The highest BCUT2D eigenvalue weighted by Crippen LogP contribution is 2.53. The summed E-state index contributed by atoms with van der Waals surface area (Å²) in [6.07, 6.45) is 9.24. The highest BCUT2D eigenvalue weighted by molar-refractivity contribution is 4.97. The molecule has 0 saturated heterocycles. The zero-order chi connectivity index (χ0) is 13.0. The Kier molecular flexibility index (Phi) is 3.17. The molecule has 4 aliphatic rings. The summed E-state index contributed by atoms with van der Waals surface area (Å²) in [7, 11) is 0. The Bertz CT molecular complexity index is 303. The quantitative estimate of drug-likeness (QED) is 0.808. The zero-order valence-electron chi connectivity index (χ0n) is 12.8. The van der Waals surface area contributed by atoms with E-state index in [0.29, 0.717) is 0 Å². The third-order valence-electron chi connectivity index (χ3n) is 7.84. The van der Waals surface area contributed by atoms with Gasteiger partial charge in [0.05, 0.1) is 0 Å². The van der Waals surface area contributed by atoms with Crippen LogP contribution in [0.15, 0.2) is 0 Å². The fourth-order valence-electron chi connectivity index (χ4n) is 6.52. The van der Waals surface area contributed by atoms with Crippen LogP contribution in [0.4, 0.5) is 0 Å². The Hall–Kier alpha value is -0.0400. The summed E-state index contributed by atoms with van der Waals surface area (Å²) in [6, 6.07) is 0. The van der Waals surface area contributed by atoms with Gasteiger partial charge in [-0.1, -0.05) is 13.8 Å². The van der Waals surface area contributed by atoms with E-state index in [9.17, 15) is 0 Å². The number of hydrogen-bond acceptors (Lipinski definition) is 1. The van der Waals surface area contributed by atoms with Crippen molar-refractivity contribution in [2.75, 3.05) is 13.1 Å². The van der Waals surface area contributed by atoms with Crippen molar-refractivity contribution >= 4 is 0 Å². The molecule has 8 unspecified atom stereocenters. The maximum atomic E-state index is 3.90. The third-order valence-corrected chi connectivity index (χ3v) is 7.84. The Labute approximate surface area is 118 Å². The fraction of sp³-hybridized carbons (Fsp3) is 1.00. The monoisotopic (exact) mass is 261 g/mol. The van der Waals surface area contributed by atoms with E-state index < -0.39 is 0 Å². The second-order valence-electron chi connectivity index (χ2n) is 8.37. The minimum Gasteiger partial charge on any atom is -0.316 e. The van der Waals surface area contributed by atoms with Gasteiger partial charge in [-0.2, -0.15) is 0 Å². The standard InChI is InChI=1S/C18H31N/c1-11-13-3-5-15(7-13)17(11)9-19-10-18-12(2)14-4-6-16(18)8-14/h11-19H,3-10H2,1-2H3. The highest BCUT2D eigenvalue weighted by atomic mass is 14.9. The van der Waals surface area contributed by atoms with E-state index in [-0.39, 0.29) is 0 Å². The first-order valence-corrected chi connectivity index (χ1v) is 8.94. The zero-order valence-corrected chi connectivity index (χ0v) is 12.8. The number of nitrogens with one attached hydrogen (secondary N) is 1. The van der Waals surface area contributed by atoms with Crippen molar-refractivity contribution in [3.8, 4) is 0 Å². The molecule has 0 heterocycles. The third kappa shape index (κ3) is 1.99. The first-order chi connectivity index (χ1) is 9.24. The van der Waals surface area contributed by atoms with Crippen LogP contribution < -0.4 is 5.32 Å². The Morgan fingerprint density at radius 1 is 0.684 bits per heavy atom. The molecule has 0 aromatic rings. The second-order valence-corrected chi connectivity index (χ2v) is 8.37. The molecule has 0 aliphatic heterocycles. The average Bonchev–Trinajstić information content (AvgIpc) is 3.14. The van der Waals surface area contributed by atoms with Crippen LogP contribution in [0.25, 0.3) is 0 Å². The Morgan fingerprint density at radius 2 is 1.11 bits per heavy atom. The van der Waals surface area contributed by atoms with Crippen molar-refractivity contribution in [3.05, 3.63) is 0 Å². The van der Waals surface area contributed by atoms with Crippen molar-refractivity contribution in [2.24, 2.45) is 47.3 Å². The van der Waals surface area contributed by atoms with Crippen molar-refractivity contribution in [2.45, 2.75) is 52.4 Å². The van der Waals surface area contributed by atoms with Gasteiger partial charge in [0.15, 0.2) is 0 Å². The molecule has 4 bridgehead atoms. The van der Waals surface area contributed by atoms with E-state index in [1.54, 1.807) is 12.8 Å². The van der Waals surface area contributed by atoms with Gasteiger partial charge in [0, 0.05) is 0 Å². The topological polar surface area (TPSA) is 12.0 Å². The van der Waals surface area contributed by atoms with E-state index in [0.717, 1.165) is 47.3 Å². The first kappa shape index (κ1) is 12.7. The predicted octanol–water partition coefficient (Wildman–Crippen LogP) is 3.94. The van der Waals surface area contributed by atoms with E-state index >= 15 is 0 Å². The molecule has 4 rings (SSSR count). The van der Waals surface area contributed by atoms with Gasteiger partial charge in [0.25, 0.3) is 0 Å². The van der Waals surface area contributed by atoms with Crippen LogP contribution in [0.3, 0.4) is 0 Å². The lowest BCUT2D eigenvalue weighted by atomic mass is 9.79. The Balaban J connectivity index is 1.28. The maximum absolute atomic E-state index is 3.90. The van der Waals surface area contributed by atoms with E-state index in [4.69, 9.17) is 0 Å². The van der Waals surface area contributed by atoms with Gasteiger partial charge in [-0.15, -0.1) is 0 Å². The smallest absolute Gasteiger partial charge is 0.00151 e. The van der Waals surface area contributed by atoms with Crippen LogP contribution in [0.5, 0.6) is 0 Å². The van der Waals surface area contributed by atoms with Crippen molar-refractivity contribution < 1.29 is 0 Å². The summed E-state index contributed by atoms with van der Waals surface area (Å²) in [5.41, 5.74) is 0. The van der Waals surface area contributed by atoms with Gasteiger partial charge in [0.1, 0.15) is 0 Å². The molecule has 4 aliphatic carbocycles. The molecule has 0 aromatic carbocycles. The minimum atomic E-state index is 1.00. The maximum Gasteiger partial charge on any atom is -0.00151 e. The van der Waals surface area contributed by atoms with Gasteiger partial charge >= 0.3 is 0 Å². The van der Waals surface area contributed by atoms with Crippen molar-refractivity contribution in [3.63, 3.8) is 0 Å². The number of rotatable bonds is 4. The fourth-order valence-corrected chi connectivity index (χ4v) is 6.52. The summed E-state index contributed by atoms with van der Waals surface area (Å²) in [4.78, 5) is 0. The SMILES string of the molecule is CC1C2CCC(C2)C1CNCC1C2CCC(C2)C1C. The summed E-state index contributed by atoms with van der Waals surface area (Å²) in [5.74, 6) is 8.33. The lowest BCUT2D eigenvalue weighted by Gasteiger charge is -2.32. The molecule has 1 heteroatoms. The van der Waals surface area contributed by atoms with Crippen LogP contribution in [-0.4, -0.2) is 13.1 Å². The molecule has 108 valence electrons. The number of hydrogen-bond donors (Lipinski definition) is 1. The Morgan fingerprint density at radius 3 is 1.47 bits per heavy atom. The molecule has 0 aromatic heterocycles. The second kappa shape index (κ2) is 4.76. The van der Waals surface area contributed by atoms with E-state index in [1.165, 1.54) is 38.8 Å². The molecule has 4 fully saturated rings. The first-order valence-electron chi connectivity index (χ1n) is 8.94. The molecule has 1 N–H and O–H groups in total. The molecular weight excluding hydrogens is 230 g/mol. The summed E-state index contributed by atoms with van der Waals surface area (Å²) >= 11 is 0. The molecule has 1 nitrogen and oxygen atoms in total. The van der Waals surface area contributed by atoms with Crippen LogP contribution >= 0.6 is 0 Å². The van der Waals surface area contributed by atoms with Crippen molar-refractivity contribution in [1.82, 2.24) is 5.32 Å². The largest absolute Gasteiger partial charge is 0.316 e. The molecule has 19 heavy (non-hydrogen) atoms. The summed E-state index contributed by atoms with van der Waals surface area (Å²) in [5, 5.41) is 3.90. The lowest BCUT2D eigenvalue weighted by Crippen LogP contribution is -2.36. The average molecular weight is 261 g/mol. The van der Waals surface area contributed by atoms with Gasteiger partial charge < -0.3 is 5.32 Å². The van der Waals surface area contributed by atoms with Gasteiger partial charge in [-0.3, -0.25) is 0 Å². The predicted molar refractivity (Wildman–Crippen MR) is 79.8 cm³/mol. The lowest BCUT2D eigenvalue weighted by molar-refractivity contribution is 0.202. The molecule has 0 amide bonds. The summed E-state index contributed by atoms with van der Waals surface area (Å²) in [6.45, 7) is 7.69. The van der Waals surface area contributed by atoms with Crippen LogP contribution in [0.2, 0.25) is 0 Å². The van der Waals surface area contributed by atoms with E-state index in [1.807, 2.05) is 0 Å². The van der Waals surface area contributed by atoms with Crippen LogP contribution in [0.1, 0.15) is 52.4 Å². The van der Waals surface area contributed by atoms with Crippen LogP contribution in [0, 0.1) is 47.3 Å². The number of fused-ring (bicyclic) bond motifs is 4. The van der Waals surface area contributed by atoms with Crippen molar-refractivity contribution in [1.29, 1.82) is 0 Å². The highest BCUT2D eigenvalue weighted by Gasteiger charge is 2.46. The molecule has 8 atom stereocenters. The molecular formula is C18H31N. The van der Waals surface area contributed by atoms with E-state index in [2.05, 4.69) is 19.2 Å². The summed E-state index contributed by atoms with van der Waals surface area (Å²) < 4.78 is 0. The molecule has 0 radical (unpaired) electrons. The molecule has 0 spiro atoms. The normalized spacial score (nSPS) is 55.3.